The summed E-state index contributed by atoms with van der Waals surface area (Å²) < 4.78 is 23.5. The number of azide groups is 1. The first-order valence-corrected chi connectivity index (χ1v) is 29.1. The van der Waals surface area contributed by atoms with E-state index in [0.717, 1.165) is 43.4 Å². The third kappa shape index (κ3) is 19.3. The molecule has 6 N–H and O–H groups in total. The fourth-order valence-electron chi connectivity index (χ4n) is 9.60. The first-order chi connectivity index (χ1) is 38.4. The standard InChI is InChI=1S/C57H81N11O11S2/c1-36-49(80-34-61-36)40-14-10-38(11-15-40)24-59-52(73)44-22-42(69)26-67(44)28-46(55(3,4)5)64-47(71)29-78-32-57(9,31-77-21-20-76-19-18-63-66-58)33-79-30-48(72)65-51(56(6,7)8)54(75)68-27-43(70)23-45(68)53(74)60-25-39-12-16-41(17-13-39)50-37(2)62-35-81-50/h10-17,34-35,42-46,51,69-70H,18-33H2,1-9H3,(H,59,73)(H,60,74)(H,64,71)(H,65,72)/t42-,43+,44+,45-,46-,51+,57?/m1/s1. The molecule has 6 rings (SSSR count). The molecule has 2 aromatic heterocycles. The Morgan fingerprint density at radius 3 is 1.69 bits per heavy atom. The van der Waals surface area contributed by atoms with E-state index in [1.165, 1.54) is 4.90 Å². The van der Waals surface area contributed by atoms with Crippen molar-refractivity contribution in [3.8, 4) is 20.9 Å². The number of likely N-dealkylation sites (tertiary alicyclic amines) is 2. The SMILES string of the molecule is Cc1ncsc1-c1ccc(CNC(=O)[C@H]2C[C@H](O)CN2C(=O)[C@H](NC(=O)COCC(C)(COCCOCCN=[N+]=[N-])COCC(=O)N[C@H](CN2C[C@H](O)C[C@H]2C(=O)NCc2ccc(-c3scnc3C)cc2)C(C)(C)C)C(C)(C)C)cc1. The zero-order valence-corrected chi connectivity index (χ0v) is 49.7. The van der Waals surface area contributed by atoms with E-state index in [1.54, 1.807) is 49.0 Å². The lowest BCUT2D eigenvalue weighted by Crippen LogP contribution is -2.58. The largest absolute Gasteiger partial charge is 0.392 e. The van der Waals surface area contributed by atoms with Gasteiger partial charge < -0.3 is 55.3 Å². The molecule has 1 unspecified atom stereocenters. The normalized spacial score (nSPS) is 19.1. The van der Waals surface area contributed by atoms with Gasteiger partial charge in [-0.25, -0.2) is 9.97 Å². The van der Waals surface area contributed by atoms with E-state index in [-0.39, 0.29) is 91.2 Å². The minimum Gasteiger partial charge on any atom is -0.392 e. The molecule has 2 aromatic carbocycles. The minimum absolute atomic E-state index is 0.0319. The summed E-state index contributed by atoms with van der Waals surface area (Å²) in [6.45, 7) is 18.0. The van der Waals surface area contributed by atoms with Crippen LogP contribution in [0.3, 0.4) is 0 Å². The van der Waals surface area contributed by atoms with E-state index in [9.17, 15) is 34.2 Å². The highest BCUT2D eigenvalue weighted by molar-refractivity contribution is 7.13. The Morgan fingerprint density at radius 1 is 0.691 bits per heavy atom. The third-order valence-electron chi connectivity index (χ3n) is 14.2. The minimum atomic E-state index is -1.09. The monoisotopic (exact) mass is 1160 g/mol. The highest BCUT2D eigenvalue weighted by Gasteiger charge is 2.45. The number of nitrogens with zero attached hydrogens (tertiary/aromatic N) is 7. The second kappa shape index (κ2) is 29.9. The third-order valence-corrected chi connectivity index (χ3v) is 16.2. The molecule has 442 valence electrons. The summed E-state index contributed by atoms with van der Waals surface area (Å²) in [7, 11) is 0. The van der Waals surface area contributed by atoms with E-state index in [2.05, 4.69) is 41.3 Å². The molecule has 0 saturated carbocycles. The zero-order chi connectivity index (χ0) is 58.9. The van der Waals surface area contributed by atoms with Crippen molar-refractivity contribution in [2.75, 3.05) is 79.0 Å². The number of aliphatic hydroxyl groups is 2. The van der Waals surface area contributed by atoms with Crippen molar-refractivity contribution in [2.24, 2.45) is 21.4 Å². The predicted molar refractivity (Wildman–Crippen MR) is 309 cm³/mol. The van der Waals surface area contributed by atoms with Gasteiger partial charge in [0.25, 0.3) is 0 Å². The highest BCUT2D eigenvalue weighted by atomic mass is 32.1. The molecule has 4 heterocycles. The molecule has 0 spiro atoms. The van der Waals surface area contributed by atoms with Crippen molar-refractivity contribution in [1.82, 2.24) is 41.0 Å². The lowest BCUT2D eigenvalue weighted by atomic mass is 9.85. The van der Waals surface area contributed by atoms with Crippen molar-refractivity contribution in [1.29, 1.82) is 0 Å². The first-order valence-electron chi connectivity index (χ1n) is 27.3. The van der Waals surface area contributed by atoms with Crippen molar-refractivity contribution in [3.63, 3.8) is 0 Å². The van der Waals surface area contributed by atoms with E-state index < -0.39 is 82.9 Å². The summed E-state index contributed by atoms with van der Waals surface area (Å²) >= 11 is 3.13. The Kier molecular flexibility index (Phi) is 23.7. The molecule has 7 atom stereocenters. The van der Waals surface area contributed by atoms with Gasteiger partial charge in [-0.2, -0.15) is 0 Å². The molecule has 0 bridgehead atoms. The second-order valence-corrected chi connectivity index (χ2v) is 25.1. The van der Waals surface area contributed by atoms with Crippen molar-refractivity contribution < 1.29 is 53.1 Å². The van der Waals surface area contributed by atoms with Crippen LogP contribution < -0.4 is 21.3 Å². The van der Waals surface area contributed by atoms with E-state index in [4.69, 9.17) is 24.5 Å². The molecule has 81 heavy (non-hydrogen) atoms. The van der Waals surface area contributed by atoms with Crippen molar-refractivity contribution >= 4 is 52.2 Å². The molecule has 2 fully saturated rings. The van der Waals surface area contributed by atoms with Gasteiger partial charge in [-0.15, -0.1) is 22.7 Å². The summed E-state index contributed by atoms with van der Waals surface area (Å²) in [5.74, 6) is -2.15. The number of hydrogen-bond acceptors (Lipinski definition) is 17. The van der Waals surface area contributed by atoms with Crippen LogP contribution in [0.5, 0.6) is 0 Å². The molecule has 24 heteroatoms. The summed E-state index contributed by atoms with van der Waals surface area (Å²) in [5.41, 5.74) is 15.8. The topological polar surface area (TPSA) is 292 Å². The number of hydrogen-bond donors (Lipinski definition) is 6. The summed E-state index contributed by atoms with van der Waals surface area (Å²) in [6, 6.07) is 12.7. The Balaban J connectivity index is 1.01. The van der Waals surface area contributed by atoms with Crippen molar-refractivity contribution in [2.45, 2.75) is 125 Å². The zero-order valence-electron chi connectivity index (χ0n) is 48.1. The van der Waals surface area contributed by atoms with E-state index in [1.807, 2.05) is 100 Å². The van der Waals surface area contributed by atoms with Crippen LogP contribution in [0, 0.1) is 30.1 Å². The number of carbonyl (C=O) groups is 5. The smallest absolute Gasteiger partial charge is 0.246 e. The van der Waals surface area contributed by atoms with Gasteiger partial charge in [0.1, 0.15) is 25.3 Å². The fourth-order valence-corrected chi connectivity index (χ4v) is 11.2. The fraction of sp³-hybridized carbons (Fsp3) is 0.596. The second-order valence-electron chi connectivity index (χ2n) is 23.4. The van der Waals surface area contributed by atoms with Crippen LogP contribution in [0.2, 0.25) is 0 Å². The number of thiazole rings is 2. The molecule has 2 saturated heterocycles. The number of benzene rings is 2. The lowest BCUT2D eigenvalue weighted by Gasteiger charge is -2.36. The predicted octanol–water partition coefficient (Wildman–Crippen LogP) is 5.32. The van der Waals surface area contributed by atoms with Gasteiger partial charge in [0.05, 0.1) is 90.1 Å². The number of nitrogens with one attached hydrogen (secondary N) is 4. The van der Waals surface area contributed by atoms with Crippen LogP contribution in [-0.2, 0) is 56.0 Å². The molecule has 2 aliphatic rings. The van der Waals surface area contributed by atoms with Crippen LogP contribution in [0.1, 0.15) is 83.8 Å². The summed E-state index contributed by atoms with van der Waals surface area (Å²) in [5, 5.41) is 36.8. The maximum absolute atomic E-state index is 14.3. The average molecular weight is 1160 g/mol. The summed E-state index contributed by atoms with van der Waals surface area (Å²) in [6.07, 6.45) is -1.38. The quantitative estimate of drug-likeness (QED) is 0.0174. The molecule has 4 aromatic rings. The van der Waals surface area contributed by atoms with Gasteiger partial charge in [-0.1, -0.05) is 102 Å². The van der Waals surface area contributed by atoms with Crippen molar-refractivity contribution in [3.05, 3.63) is 92.5 Å². The molecule has 5 amide bonds. The molecule has 0 radical (unpaired) electrons. The maximum Gasteiger partial charge on any atom is 0.246 e. The molecule has 0 aliphatic carbocycles. The number of rotatable bonds is 29. The Bertz CT molecular complexity index is 2760. The van der Waals surface area contributed by atoms with Gasteiger partial charge in [0.2, 0.25) is 29.5 Å². The van der Waals surface area contributed by atoms with Gasteiger partial charge in [-0.05, 0) is 58.9 Å². The van der Waals surface area contributed by atoms with Crippen LogP contribution in [-0.4, -0.2) is 175 Å². The number of β-amino-alcohol motifs (C(OH)–C–C–N with tert-alkyl or cyclic N) is 2. The molecular formula is C57H81N11O11S2. The first kappa shape index (κ1) is 64.3. The number of ether oxygens (including phenoxy) is 4. The molecule has 2 aliphatic heterocycles. The molecule has 22 nitrogen and oxygen atoms in total. The highest BCUT2D eigenvalue weighted by Crippen LogP contribution is 2.31. The number of amides is 5. The van der Waals surface area contributed by atoms with Gasteiger partial charge in [0, 0.05) is 62.1 Å². The van der Waals surface area contributed by atoms with Gasteiger partial charge >= 0.3 is 0 Å². The molecular weight excluding hydrogens is 1080 g/mol. The number of aromatic nitrogens is 2. The van der Waals surface area contributed by atoms with Crippen LogP contribution >= 0.6 is 22.7 Å². The van der Waals surface area contributed by atoms with Crippen LogP contribution in [0.25, 0.3) is 31.3 Å². The lowest BCUT2D eigenvalue weighted by molar-refractivity contribution is -0.145. The Labute approximate surface area is 482 Å². The Hall–Kier alpha value is -5.92. The number of aliphatic hydroxyl groups excluding tert-OH is 2. The number of carbonyl (C=O) groups excluding carboxylic acids is 5. The Morgan fingerprint density at radius 2 is 1.19 bits per heavy atom. The van der Waals surface area contributed by atoms with Crippen LogP contribution in [0.15, 0.2) is 64.7 Å². The van der Waals surface area contributed by atoms with E-state index >= 15 is 0 Å². The van der Waals surface area contributed by atoms with Gasteiger partial charge in [0.15, 0.2) is 0 Å². The van der Waals surface area contributed by atoms with E-state index in [0.29, 0.717) is 13.1 Å². The average Bonchev–Trinajstić information content (AvgIpc) is 4.47. The maximum atomic E-state index is 14.3. The van der Waals surface area contributed by atoms with Crippen LogP contribution in [0.4, 0.5) is 0 Å². The number of aryl methyl sites for hydroxylation is 2. The van der Waals surface area contributed by atoms with Gasteiger partial charge in [-0.3, -0.25) is 28.9 Å². The summed E-state index contributed by atoms with van der Waals surface area (Å²) in [4.78, 5) is 85.7.